The molecule has 0 amide bonds. The van der Waals surface area contributed by atoms with Gasteiger partial charge in [0.15, 0.2) is 4.93 Å². The molecule has 1 aromatic rings. The molecule has 1 aromatic carbocycles. The first-order valence-corrected chi connectivity index (χ1v) is 6.65. The lowest BCUT2D eigenvalue weighted by atomic mass is 9.89. The second-order valence-corrected chi connectivity index (χ2v) is 5.94. The van der Waals surface area contributed by atoms with Crippen LogP contribution in [0.3, 0.4) is 0 Å². The summed E-state index contributed by atoms with van der Waals surface area (Å²) < 4.78 is 36.4. The Hall–Kier alpha value is -1.11. The Labute approximate surface area is 99.8 Å². The van der Waals surface area contributed by atoms with E-state index in [1.165, 1.54) is 7.11 Å². The van der Waals surface area contributed by atoms with Gasteiger partial charge < -0.3 is 9.84 Å². The zero-order valence-corrected chi connectivity index (χ0v) is 10.2. The minimum absolute atomic E-state index is 0.00512. The number of hydrogen-bond donors (Lipinski definition) is 2. The van der Waals surface area contributed by atoms with Gasteiger partial charge in [-0.15, -0.1) is 0 Å². The van der Waals surface area contributed by atoms with Crippen molar-refractivity contribution in [3.8, 4) is 5.75 Å². The lowest BCUT2D eigenvalue weighted by Gasteiger charge is -2.30. The van der Waals surface area contributed by atoms with Gasteiger partial charge in [-0.1, -0.05) is 6.07 Å². The quantitative estimate of drug-likeness (QED) is 0.765. The number of aryl methyl sites for hydroxylation is 1. The third-order valence-corrected chi connectivity index (χ3v) is 4.45. The molecule has 94 valence electrons. The number of ether oxygens (including phenoxy) is 1. The number of fused-ring (bicyclic) bond motifs is 1. The Kier molecular flexibility index (Phi) is 2.89. The summed E-state index contributed by atoms with van der Waals surface area (Å²) in [5.74, 6) is 0.600. The van der Waals surface area contributed by atoms with Crippen LogP contribution in [0.2, 0.25) is 0 Å². The first-order chi connectivity index (χ1) is 7.86. The van der Waals surface area contributed by atoms with Crippen molar-refractivity contribution < 1.29 is 22.8 Å². The van der Waals surface area contributed by atoms with Crippen LogP contribution < -0.4 is 4.74 Å². The molecule has 0 heterocycles. The summed E-state index contributed by atoms with van der Waals surface area (Å²) in [6.45, 7) is 0. The molecule has 1 atom stereocenters. The van der Waals surface area contributed by atoms with E-state index in [2.05, 4.69) is 0 Å². The molecule has 0 bridgehead atoms. The molecule has 2 N–H and O–H groups in total. The summed E-state index contributed by atoms with van der Waals surface area (Å²) in [6.07, 6.45) is 0.305. The van der Waals surface area contributed by atoms with E-state index in [4.69, 9.17) is 9.29 Å². The Bertz CT molecular complexity index is 537. The summed E-state index contributed by atoms with van der Waals surface area (Å²) >= 11 is 0. The SMILES string of the molecule is COc1ccc2c(c1)CC(O)(S(=O)(=O)O)CC2. The summed E-state index contributed by atoms with van der Waals surface area (Å²) in [5.41, 5.74) is 1.66. The minimum Gasteiger partial charge on any atom is -0.497 e. The van der Waals surface area contributed by atoms with E-state index in [0.29, 0.717) is 17.7 Å². The van der Waals surface area contributed by atoms with Crippen molar-refractivity contribution in [3.63, 3.8) is 0 Å². The summed E-state index contributed by atoms with van der Waals surface area (Å²) in [5, 5.41) is 9.94. The number of hydrogen-bond acceptors (Lipinski definition) is 4. The number of aliphatic hydroxyl groups is 1. The van der Waals surface area contributed by atoms with Crippen molar-refractivity contribution in [2.24, 2.45) is 0 Å². The molecule has 1 aliphatic rings. The predicted molar refractivity (Wildman–Crippen MR) is 61.5 cm³/mol. The zero-order chi connectivity index (χ0) is 12.7. The Morgan fingerprint density at radius 2 is 2.06 bits per heavy atom. The fourth-order valence-electron chi connectivity index (χ4n) is 2.07. The van der Waals surface area contributed by atoms with Crippen molar-refractivity contribution in [3.05, 3.63) is 29.3 Å². The Morgan fingerprint density at radius 1 is 1.35 bits per heavy atom. The molecule has 0 aliphatic heterocycles. The van der Waals surface area contributed by atoms with Gasteiger partial charge in [-0.25, -0.2) is 0 Å². The molecule has 1 unspecified atom stereocenters. The molecule has 1 aliphatic carbocycles. The van der Waals surface area contributed by atoms with E-state index >= 15 is 0 Å². The van der Waals surface area contributed by atoms with Gasteiger partial charge in [0.2, 0.25) is 0 Å². The highest BCUT2D eigenvalue weighted by atomic mass is 32.2. The second kappa shape index (κ2) is 3.97. The van der Waals surface area contributed by atoms with Crippen LogP contribution in [0.4, 0.5) is 0 Å². The highest BCUT2D eigenvalue weighted by Crippen LogP contribution is 2.33. The fraction of sp³-hybridized carbons (Fsp3) is 0.455. The van der Waals surface area contributed by atoms with E-state index in [1.54, 1.807) is 12.1 Å². The topological polar surface area (TPSA) is 83.8 Å². The van der Waals surface area contributed by atoms with Crippen LogP contribution in [-0.4, -0.2) is 30.1 Å². The molecule has 5 nitrogen and oxygen atoms in total. The molecule has 0 radical (unpaired) electrons. The standard InChI is InChI=1S/C11H14O5S/c1-16-10-3-2-8-4-5-11(12,17(13,14)15)7-9(8)6-10/h2-3,6,12H,4-5,7H2,1H3,(H,13,14,15). The van der Waals surface area contributed by atoms with Crippen LogP contribution in [0.15, 0.2) is 18.2 Å². The van der Waals surface area contributed by atoms with Gasteiger partial charge in [0, 0.05) is 6.42 Å². The van der Waals surface area contributed by atoms with Gasteiger partial charge in [-0.05, 0) is 36.1 Å². The first-order valence-electron chi connectivity index (χ1n) is 5.21. The lowest BCUT2D eigenvalue weighted by molar-refractivity contribution is 0.0981. The monoisotopic (exact) mass is 258 g/mol. The smallest absolute Gasteiger partial charge is 0.295 e. The third kappa shape index (κ3) is 2.15. The summed E-state index contributed by atoms with van der Waals surface area (Å²) in [4.78, 5) is -2.08. The molecule has 0 saturated carbocycles. The largest absolute Gasteiger partial charge is 0.497 e. The molecule has 0 spiro atoms. The van der Waals surface area contributed by atoms with Gasteiger partial charge >= 0.3 is 0 Å². The van der Waals surface area contributed by atoms with Crippen LogP contribution in [0.25, 0.3) is 0 Å². The van der Waals surface area contributed by atoms with Crippen molar-refractivity contribution in [2.75, 3.05) is 7.11 Å². The van der Waals surface area contributed by atoms with Gasteiger partial charge in [-0.2, -0.15) is 8.42 Å². The van der Waals surface area contributed by atoms with Crippen LogP contribution in [0.1, 0.15) is 17.5 Å². The lowest BCUT2D eigenvalue weighted by Crippen LogP contribution is -2.43. The van der Waals surface area contributed by atoms with Gasteiger partial charge in [0.1, 0.15) is 5.75 Å². The van der Waals surface area contributed by atoms with Gasteiger partial charge in [0.25, 0.3) is 10.1 Å². The molecule has 6 heteroatoms. The second-order valence-electron chi connectivity index (χ2n) is 4.23. The maximum absolute atomic E-state index is 11.1. The van der Waals surface area contributed by atoms with Gasteiger partial charge in [0.05, 0.1) is 7.11 Å². The van der Waals surface area contributed by atoms with Crippen LogP contribution in [0.5, 0.6) is 5.75 Å². The molecule has 17 heavy (non-hydrogen) atoms. The average molecular weight is 258 g/mol. The van der Waals surface area contributed by atoms with Crippen molar-refractivity contribution in [2.45, 2.75) is 24.2 Å². The zero-order valence-electron chi connectivity index (χ0n) is 9.38. The van der Waals surface area contributed by atoms with E-state index in [9.17, 15) is 13.5 Å². The maximum Gasteiger partial charge on any atom is 0.295 e. The molecule has 0 saturated heterocycles. The molecule has 2 rings (SSSR count). The molecule has 0 fully saturated rings. The van der Waals surface area contributed by atoms with Gasteiger partial charge in [-0.3, -0.25) is 4.55 Å². The highest BCUT2D eigenvalue weighted by molar-refractivity contribution is 7.87. The fourth-order valence-corrected chi connectivity index (χ4v) is 2.77. The first kappa shape index (κ1) is 12.3. The van der Waals surface area contributed by atoms with Crippen molar-refractivity contribution in [1.82, 2.24) is 0 Å². The Balaban J connectivity index is 2.41. The maximum atomic E-state index is 11.1. The van der Waals surface area contributed by atoms with E-state index < -0.39 is 15.1 Å². The highest BCUT2D eigenvalue weighted by Gasteiger charge is 2.43. The van der Waals surface area contributed by atoms with Crippen LogP contribution in [0, 0.1) is 0 Å². The van der Waals surface area contributed by atoms with Crippen LogP contribution in [-0.2, 0) is 23.0 Å². The molecular formula is C11H14O5S. The van der Waals surface area contributed by atoms with E-state index in [0.717, 1.165) is 5.56 Å². The van der Waals surface area contributed by atoms with Crippen molar-refractivity contribution in [1.29, 1.82) is 0 Å². The number of rotatable bonds is 2. The minimum atomic E-state index is -4.47. The molecule has 0 aromatic heterocycles. The third-order valence-electron chi connectivity index (χ3n) is 3.15. The summed E-state index contributed by atoms with van der Waals surface area (Å²) in [6, 6.07) is 5.32. The van der Waals surface area contributed by atoms with Crippen molar-refractivity contribution >= 4 is 10.1 Å². The normalized spacial score (nSPS) is 24.2. The van der Waals surface area contributed by atoms with E-state index in [-0.39, 0.29) is 12.8 Å². The summed E-state index contributed by atoms with van der Waals surface area (Å²) in [7, 11) is -2.96. The predicted octanol–water partition coefficient (Wildman–Crippen LogP) is 0.760. The average Bonchev–Trinajstić information content (AvgIpc) is 2.26. The van der Waals surface area contributed by atoms with E-state index in [1.807, 2.05) is 6.07 Å². The molecular weight excluding hydrogens is 244 g/mol. The van der Waals surface area contributed by atoms with Crippen LogP contribution >= 0.6 is 0 Å². The number of methoxy groups -OCH3 is 1. The number of benzene rings is 1. The Morgan fingerprint density at radius 3 is 2.65 bits per heavy atom.